The zero-order valence-electron chi connectivity index (χ0n) is 11.5. The summed E-state index contributed by atoms with van der Waals surface area (Å²) in [6.07, 6.45) is 5.97. The van der Waals surface area contributed by atoms with Crippen molar-refractivity contribution in [3.8, 4) is 18.1 Å². The van der Waals surface area contributed by atoms with Gasteiger partial charge in [0.05, 0.1) is 0 Å². The Balaban J connectivity index is 2.40. The summed E-state index contributed by atoms with van der Waals surface area (Å²) in [5.74, 6) is 3.71. The molecule has 1 rings (SSSR count). The molecular weight excluding hydrogens is 238 g/mol. The summed E-state index contributed by atoms with van der Waals surface area (Å²) in [5.41, 5.74) is 6.91. The fourth-order valence-electron chi connectivity index (χ4n) is 1.52. The van der Waals surface area contributed by atoms with E-state index in [0.29, 0.717) is 25.2 Å². The van der Waals surface area contributed by atoms with Gasteiger partial charge in [-0.1, -0.05) is 18.1 Å². The van der Waals surface area contributed by atoms with Gasteiger partial charge in [0.25, 0.3) is 0 Å². The first-order valence-electron chi connectivity index (χ1n) is 6.33. The fraction of sp³-hybridized carbons (Fsp3) is 0.400. The maximum absolute atomic E-state index is 5.72. The molecule has 0 heterocycles. The summed E-state index contributed by atoms with van der Waals surface area (Å²) < 4.78 is 5.30. The van der Waals surface area contributed by atoms with E-state index in [9.17, 15) is 0 Å². The van der Waals surface area contributed by atoms with E-state index >= 15 is 0 Å². The lowest BCUT2D eigenvalue weighted by Crippen LogP contribution is -2.36. The average molecular weight is 259 g/mol. The average Bonchev–Trinajstić information content (AvgIpc) is 2.37. The van der Waals surface area contributed by atoms with E-state index in [2.05, 4.69) is 16.2 Å². The van der Waals surface area contributed by atoms with Crippen molar-refractivity contribution in [3.05, 3.63) is 29.8 Å². The minimum Gasteiger partial charge on any atom is -0.481 e. The van der Waals surface area contributed by atoms with E-state index in [1.54, 1.807) is 0 Å². The van der Waals surface area contributed by atoms with Crippen molar-refractivity contribution in [3.63, 3.8) is 0 Å². The molecule has 4 heteroatoms. The van der Waals surface area contributed by atoms with Crippen molar-refractivity contribution in [1.29, 1.82) is 0 Å². The van der Waals surface area contributed by atoms with Crippen LogP contribution < -0.4 is 15.8 Å². The van der Waals surface area contributed by atoms with Crippen LogP contribution in [-0.4, -0.2) is 25.2 Å². The van der Waals surface area contributed by atoms with Gasteiger partial charge in [0, 0.05) is 12.6 Å². The van der Waals surface area contributed by atoms with Crippen molar-refractivity contribution in [1.82, 2.24) is 5.32 Å². The largest absolute Gasteiger partial charge is 0.481 e. The molecule has 19 heavy (non-hydrogen) atoms. The molecule has 1 aromatic carbocycles. The smallest absolute Gasteiger partial charge is 0.188 e. The summed E-state index contributed by atoms with van der Waals surface area (Å²) >= 11 is 0. The first-order chi connectivity index (χ1) is 9.11. The number of nitrogens with zero attached hydrogens (tertiary/aromatic N) is 1. The van der Waals surface area contributed by atoms with Crippen LogP contribution in [0, 0.1) is 12.3 Å². The van der Waals surface area contributed by atoms with E-state index < -0.39 is 0 Å². The topological polar surface area (TPSA) is 59.6 Å². The van der Waals surface area contributed by atoms with Crippen LogP contribution in [0.4, 0.5) is 0 Å². The molecule has 0 atom stereocenters. The molecule has 0 bridgehead atoms. The predicted molar refractivity (Wildman–Crippen MR) is 79.2 cm³/mol. The van der Waals surface area contributed by atoms with Crippen LogP contribution in [0.5, 0.6) is 5.75 Å². The van der Waals surface area contributed by atoms with Crippen molar-refractivity contribution in [2.75, 3.05) is 13.2 Å². The molecule has 0 spiro atoms. The van der Waals surface area contributed by atoms with Crippen LogP contribution in [0.15, 0.2) is 29.3 Å². The quantitative estimate of drug-likeness (QED) is 0.463. The Morgan fingerprint density at radius 1 is 1.42 bits per heavy atom. The summed E-state index contributed by atoms with van der Waals surface area (Å²) in [6.45, 7) is 5.01. The summed E-state index contributed by atoms with van der Waals surface area (Å²) in [5, 5.41) is 3.05. The molecule has 0 aliphatic heterocycles. The molecule has 0 unspecified atom stereocenters. The molecule has 0 fully saturated rings. The van der Waals surface area contributed by atoms with Gasteiger partial charge in [0.2, 0.25) is 0 Å². The number of hydrogen-bond donors (Lipinski definition) is 2. The number of nitrogens with two attached hydrogens (primary N) is 1. The molecular formula is C15H21N3O. The molecule has 0 amide bonds. The Morgan fingerprint density at radius 2 is 2.11 bits per heavy atom. The molecule has 0 aliphatic rings. The molecule has 0 aromatic heterocycles. The highest BCUT2D eigenvalue weighted by molar-refractivity contribution is 5.78. The van der Waals surface area contributed by atoms with Gasteiger partial charge in [0.1, 0.15) is 12.4 Å². The SMILES string of the molecule is C#CCOc1ccc(CCN=C(N)NC(C)C)cc1. The Morgan fingerprint density at radius 3 is 2.68 bits per heavy atom. The Labute approximate surface area is 115 Å². The van der Waals surface area contributed by atoms with E-state index in [-0.39, 0.29) is 0 Å². The van der Waals surface area contributed by atoms with E-state index in [4.69, 9.17) is 16.9 Å². The number of guanidine groups is 1. The second kappa shape index (κ2) is 8.04. The highest BCUT2D eigenvalue weighted by Crippen LogP contribution is 2.12. The third-order valence-corrected chi connectivity index (χ3v) is 2.36. The third-order valence-electron chi connectivity index (χ3n) is 2.36. The number of hydrogen-bond acceptors (Lipinski definition) is 2. The zero-order valence-corrected chi connectivity index (χ0v) is 11.5. The second-order valence-corrected chi connectivity index (χ2v) is 4.45. The molecule has 4 nitrogen and oxygen atoms in total. The molecule has 0 radical (unpaired) electrons. The van der Waals surface area contributed by atoms with Gasteiger partial charge < -0.3 is 15.8 Å². The molecule has 102 valence electrons. The Bertz CT molecular complexity index is 443. The van der Waals surface area contributed by atoms with Crippen molar-refractivity contribution in [2.24, 2.45) is 10.7 Å². The predicted octanol–water partition coefficient (Wildman–Crippen LogP) is 1.55. The Hall–Kier alpha value is -2.15. The van der Waals surface area contributed by atoms with E-state index in [1.807, 2.05) is 38.1 Å². The number of benzene rings is 1. The minimum absolute atomic E-state index is 0.293. The summed E-state index contributed by atoms with van der Waals surface area (Å²) in [6, 6.07) is 8.13. The molecule has 3 N–H and O–H groups in total. The van der Waals surface area contributed by atoms with Crippen molar-refractivity contribution in [2.45, 2.75) is 26.3 Å². The van der Waals surface area contributed by atoms with E-state index in [1.165, 1.54) is 5.56 Å². The van der Waals surface area contributed by atoms with E-state index in [0.717, 1.165) is 12.2 Å². The maximum atomic E-state index is 5.72. The molecule has 0 aliphatic carbocycles. The van der Waals surface area contributed by atoms with Gasteiger partial charge in [-0.3, -0.25) is 4.99 Å². The lowest BCUT2D eigenvalue weighted by Gasteiger charge is -2.08. The summed E-state index contributed by atoms with van der Waals surface area (Å²) in [7, 11) is 0. The lowest BCUT2D eigenvalue weighted by atomic mass is 10.1. The lowest BCUT2D eigenvalue weighted by molar-refractivity contribution is 0.370. The van der Waals surface area contributed by atoms with Crippen molar-refractivity contribution >= 4 is 5.96 Å². The number of terminal acetylenes is 1. The van der Waals surface area contributed by atoms with Crippen LogP contribution in [0.1, 0.15) is 19.4 Å². The van der Waals surface area contributed by atoms with Crippen LogP contribution in [0.2, 0.25) is 0 Å². The standard InChI is InChI=1S/C15H21N3O/c1-4-11-19-14-7-5-13(6-8-14)9-10-17-15(16)18-12(2)3/h1,5-8,12H,9-11H2,2-3H3,(H3,16,17,18). The van der Waals surface area contributed by atoms with Gasteiger partial charge in [-0.05, 0) is 38.0 Å². The highest BCUT2D eigenvalue weighted by Gasteiger charge is 1.97. The third kappa shape index (κ3) is 6.37. The number of nitrogens with one attached hydrogen (secondary N) is 1. The van der Waals surface area contributed by atoms with Crippen LogP contribution in [-0.2, 0) is 6.42 Å². The molecule has 0 saturated heterocycles. The van der Waals surface area contributed by atoms with Gasteiger partial charge >= 0.3 is 0 Å². The first kappa shape index (κ1) is 14.9. The normalized spacial score (nSPS) is 11.2. The minimum atomic E-state index is 0.293. The monoisotopic (exact) mass is 259 g/mol. The number of rotatable bonds is 6. The zero-order chi connectivity index (χ0) is 14.1. The van der Waals surface area contributed by atoms with Gasteiger partial charge in [-0.15, -0.1) is 6.42 Å². The maximum Gasteiger partial charge on any atom is 0.188 e. The number of ether oxygens (including phenoxy) is 1. The molecule has 0 saturated carbocycles. The fourth-order valence-corrected chi connectivity index (χ4v) is 1.52. The Kier molecular flexibility index (Phi) is 6.31. The van der Waals surface area contributed by atoms with Crippen LogP contribution >= 0.6 is 0 Å². The van der Waals surface area contributed by atoms with Gasteiger partial charge in [0.15, 0.2) is 5.96 Å². The van der Waals surface area contributed by atoms with Crippen LogP contribution in [0.3, 0.4) is 0 Å². The van der Waals surface area contributed by atoms with Gasteiger partial charge in [-0.2, -0.15) is 0 Å². The highest BCUT2D eigenvalue weighted by atomic mass is 16.5. The summed E-state index contributed by atoms with van der Waals surface area (Å²) in [4.78, 5) is 4.26. The second-order valence-electron chi connectivity index (χ2n) is 4.45. The van der Waals surface area contributed by atoms with Crippen LogP contribution in [0.25, 0.3) is 0 Å². The van der Waals surface area contributed by atoms with Crippen molar-refractivity contribution < 1.29 is 4.74 Å². The first-order valence-corrected chi connectivity index (χ1v) is 6.33. The number of aliphatic imine (C=N–C) groups is 1. The van der Waals surface area contributed by atoms with Gasteiger partial charge in [-0.25, -0.2) is 0 Å². The molecule has 1 aromatic rings.